The number of hydrogen-bond donors (Lipinski definition) is 1. The quantitative estimate of drug-likeness (QED) is 0.940. The third kappa shape index (κ3) is 2.91. The normalized spacial score (nSPS) is 20.8. The molecule has 1 N–H and O–H groups in total. The van der Waals surface area contributed by atoms with Gasteiger partial charge in [0, 0.05) is 18.8 Å². The summed E-state index contributed by atoms with van der Waals surface area (Å²) < 4.78 is 1.69. The summed E-state index contributed by atoms with van der Waals surface area (Å²) in [6, 6.07) is 7.50. The number of carboxylic acid groups (broad SMARTS) is 1. The third-order valence-electron chi connectivity index (χ3n) is 4.76. The minimum Gasteiger partial charge on any atom is -0.481 e. The Morgan fingerprint density at radius 1 is 1.29 bits per heavy atom. The predicted octanol–water partition coefficient (Wildman–Crippen LogP) is 2.51. The molecule has 126 valence electrons. The Morgan fingerprint density at radius 3 is 2.75 bits per heavy atom. The first-order valence-corrected chi connectivity index (χ1v) is 8.13. The lowest BCUT2D eigenvalue weighted by molar-refractivity contribution is -0.144. The maximum atomic E-state index is 12.8. The number of piperidine rings is 1. The van der Waals surface area contributed by atoms with Crippen LogP contribution in [0.4, 0.5) is 0 Å². The van der Waals surface area contributed by atoms with Gasteiger partial charge in [0.25, 0.3) is 5.91 Å². The Labute approximate surface area is 140 Å². The highest BCUT2D eigenvalue weighted by Crippen LogP contribution is 2.25. The van der Waals surface area contributed by atoms with E-state index in [4.69, 9.17) is 0 Å². The van der Waals surface area contributed by atoms with Crippen LogP contribution in [0.3, 0.4) is 0 Å². The highest BCUT2D eigenvalue weighted by atomic mass is 16.4. The van der Waals surface area contributed by atoms with E-state index in [9.17, 15) is 14.7 Å². The number of amides is 1. The van der Waals surface area contributed by atoms with Gasteiger partial charge in [0.2, 0.25) is 0 Å². The van der Waals surface area contributed by atoms with Gasteiger partial charge in [-0.15, -0.1) is 0 Å². The minimum atomic E-state index is -0.837. The Hall–Kier alpha value is -2.63. The molecular weight excluding hydrogens is 306 g/mol. The van der Waals surface area contributed by atoms with Gasteiger partial charge in [-0.3, -0.25) is 9.59 Å². The maximum Gasteiger partial charge on any atom is 0.308 e. The van der Waals surface area contributed by atoms with Crippen molar-refractivity contribution < 1.29 is 14.7 Å². The molecule has 1 fully saturated rings. The van der Waals surface area contributed by atoms with Crippen LogP contribution < -0.4 is 0 Å². The predicted molar refractivity (Wildman–Crippen MR) is 89.2 cm³/mol. The molecule has 6 heteroatoms. The van der Waals surface area contributed by atoms with E-state index in [0.717, 1.165) is 11.3 Å². The second kappa shape index (κ2) is 6.47. The first kappa shape index (κ1) is 16.2. The van der Waals surface area contributed by atoms with Gasteiger partial charge in [-0.25, -0.2) is 4.68 Å². The summed E-state index contributed by atoms with van der Waals surface area (Å²) in [5, 5.41) is 13.6. The number of likely N-dealkylation sites (tertiary alicyclic amines) is 1. The Kier molecular flexibility index (Phi) is 4.38. The highest BCUT2D eigenvalue weighted by Gasteiger charge is 2.35. The number of benzene rings is 1. The topological polar surface area (TPSA) is 75.4 Å². The Morgan fingerprint density at radius 2 is 2.04 bits per heavy atom. The molecule has 0 saturated carbocycles. The molecule has 1 aliphatic rings. The van der Waals surface area contributed by atoms with Gasteiger partial charge in [-0.1, -0.05) is 18.2 Å². The van der Waals surface area contributed by atoms with Crippen molar-refractivity contribution in [2.45, 2.75) is 32.7 Å². The lowest BCUT2D eigenvalue weighted by atomic mass is 9.90. The lowest BCUT2D eigenvalue weighted by Crippen LogP contribution is -2.49. The lowest BCUT2D eigenvalue weighted by Gasteiger charge is -2.37. The van der Waals surface area contributed by atoms with Crippen LogP contribution in [0.5, 0.6) is 0 Å². The zero-order chi connectivity index (χ0) is 17.3. The highest BCUT2D eigenvalue weighted by molar-refractivity contribution is 5.94. The summed E-state index contributed by atoms with van der Waals surface area (Å²) in [5.74, 6) is -1.50. The van der Waals surface area contributed by atoms with Crippen molar-refractivity contribution in [2.24, 2.45) is 5.92 Å². The fourth-order valence-corrected chi connectivity index (χ4v) is 3.31. The van der Waals surface area contributed by atoms with Gasteiger partial charge in [0.15, 0.2) is 0 Å². The molecule has 6 nitrogen and oxygen atoms in total. The number of carbonyl (C=O) groups is 2. The maximum absolute atomic E-state index is 12.8. The first-order chi connectivity index (χ1) is 11.5. The van der Waals surface area contributed by atoms with Crippen molar-refractivity contribution in [1.82, 2.24) is 14.7 Å². The van der Waals surface area contributed by atoms with Gasteiger partial charge in [-0.05, 0) is 38.3 Å². The van der Waals surface area contributed by atoms with Crippen LogP contribution >= 0.6 is 0 Å². The smallest absolute Gasteiger partial charge is 0.308 e. The summed E-state index contributed by atoms with van der Waals surface area (Å²) in [4.78, 5) is 25.8. The summed E-state index contributed by atoms with van der Waals surface area (Å²) in [6.45, 7) is 4.38. The van der Waals surface area contributed by atoms with E-state index >= 15 is 0 Å². The molecule has 0 aliphatic carbocycles. The van der Waals surface area contributed by atoms with Gasteiger partial charge in [0.1, 0.15) is 0 Å². The van der Waals surface area contributed by atoms with Crippen LogP contribution in [0.15, 0.2) is 36.7 Å². The molecule has 2 atom stereocenters. The number of aryl methyl sites for hydroxylation is 1. The van der Waals surface area contributed by atoms with Crippen LogP contribution in [0.25, 0.3) is 5.69 Å². The summed E-state index contributed by atoms with van der Waals surface area (Å²) in [7, 11) is 0. The molecule has 1 aromatic carbocycles. The van der Waals surface area contributed by atoms with Gasteiger partial charge >= 0.3 is 5.97 Å². The minimum absolute atomic E-state index is 0.159. The second-order valence-corrected chi connectivity index (χ2v) is 6.29. The van der Waals surface area contributed by atoms with Crippen molar-refractivity contribution in [3.8, 4) is 5.69 Å². The molecule has 0 radical (unpaired) electrons. The Balaban J connectivity index is 1.84. The van der Waals surface area contributed by atoms with Crippen LogP contribution in [0.2, 0.25) is 0 Å². The van der Waals surface area contributed by atoms with E-state index in [0.29, 0.717) is 24.9 Å². The first-order valence-electron chi connectivity index (χ1n) is 8.13. The second-order valence-electron chi connectivity index (χ2n) is 6.29. The fourth-order valence-electron chi connectivity index (χ4n) is 3.31. The van der Waals surface area contributed by atoms with Crippen LogP contribution in [0.1, 0.15) is 35.7 Å². The molecule has 1 aromatic heterocycles. The number of hydrogen-bond acceptors (Lipinski definition) is 3. The molecular formula is C18H21N3O3. The summed E-state index contributed by atoms with van der Waals surface area (Å²) in [5.41, 5.74) is 2.47. The average molecular weight is 327 g/mol. The molecule has 1 aliphatic heterocycles. The number of rotatable bonds is 3. The SMILES string of the molecule is Cc1ccccc1-n1cc(C(=O)N2CCC[C@@H](C(=O)O)[C@H]2C)cn1. The molecule has 2 heterocycles. The van der Waals surface area contributed by atoms with Crippen molar-refractivity contribution in [3.05, 3.63) is 47.8 Å². The standard InChI is InChI=1S/C18H21N3O3/c1-12-6-3-4-8-16(12)21-11-14(10-19-21)17(22)20-9-5-7-15(13(20)2)18(23)24/h3-4,6,8,10-11,13,15H,5,7,9H2,1-2H3,(H,23,24)/t13-,15-/m1/s1. The third-order valence-corrected chi connectivity index (χ3v) is 4.76. The number of para-hydroxylation sites is 1. The molecule has 3 rings (SSSR count). The van der Waals surface area contributed by atoms with Crippen molar-refractivity contribution >= 4 is 11.9 Å². The molecule has 24 heavy (non-hydrogen) atoms. The number of aromatic nitrogens is 2. The van der Waals surface area contributed by atoms with E-state index in [-0.39, 0.29) is 11.9 Å². The molecule has 0 spiro atoms. The largest absolute Gasteiger partial charge is 0.481 e. The zero-order valence-corrected chi connectivity index (χ0v) is 13.8. The molecule has 2 aromatic rings. The van der Waals surface area contributed by atoms with Gasteiger partial charge < -0.3 is 10.0 Å². The number of carbonyl (C=O) groups excluding carboxylic acids is 1. The molecule has 1 saturated heterocycles. The van der Waals surface area contributed by atoms with Crippen molar-refractivity contribution in [2.75, 3.05) is 6.54 Å². The van der Waals surface area contributed by atoms with E-state index in [1.807, 2.05) is 38.1 Å². The van der Waals surface area contributed by atoms with E-state index in [1.54, 1.807) is 22.0 Å². The monoisotopic (exact) mass is 327 g/mol. The van der Waals surface area contributed by atoms with Crippen molar-refractivity contribution in [3.63, 3.8) is 0 Å². The van der Waals surface area contributed by atoms with E-state index in [2.05, 4.69) is 5.10 Å². The van der Waals surface area contributed by atoms with Gasteiger partial charge in [-0.2, -0.15) is 5.10 Å². The number of carboxylic acids is 1. The fraction of sp³-hybridized carbons (Fsp3) is 0.389. The summed E-state index contributed by atoms with van der Waals surface area (Å²) in [6.07, 6.45) is 4.58. The zero-order valence-electron chi connectivity index (χ0n) is 13.8. The number of nitrogens with zero attached hydrogens (tertiary/aromatic N) is 3. The summed E-state index contributed by atoms with van der Waals surface area (Å²) >= 11 is 0. The van der Waals surface area contributed by atoms with E-state index < -0.39 is 11.9 Å². The van der Waals surface area contributed by atoms with Crippen LogP contribution in [-0.4, -0.2) is 44.3 Å². The van der Waals surface area contributed by atoms with Crippen molar-refractivity contribution in [1.29, 1.82) is 0 Å². The van der Waals surface area contributed by atoms with Crippen LogP contribution in [0, 0.1) is 12.8 Å². The molecule has 1 amide bonds. The van der Waals surface area contributed by atoms with E-state index in [1.165, 1.54) is 0 Å². The average Bonchev–Trinajstić information content (AvgIpc) is 3.04. The van der Waals surface area contributed by atoms with Gasteiger partial charge in [0.05, 0.1) is 23.4 Å². The molecule has 0 unspecified atom stereocenters. The Bertz CT molecular complexity index is 768. The van der Waals surface area contributed by atoms with Crippen LogP contribution in [-0.2, 0) is 4.79 Å². The number of aliphatic carboxylic acids is 1. The molecule has 0 bridgehead atoms.